The molecule has 0 radical (unpaired) electrons. The summed E-state index contributed by atoms with van der Waals surface area (Å²) in [5.74, 6) is 0. The zero-order chi connectivity index (χ0) is 10.1. The Morgan fingerprint density at radius 1 is 1.38 bits per heavy atom. The summed E-state index contributed by atoms with van der Waals surface area (Å²) in [6.45, 7) is 0. The van der Waals surface area contributed by atoms with E-state index in [9.17, 15) is 8.42 Å². The molecule has 0 saturated carbocycles. The molecule has 0 N–H and O–H groups in total. The van der Waals surface area contributed by atoms with Crippen LogP contribution in [0.1, 0.15) is 0 Å². The van der Waals surface area contributed by atoms with E-state index in [1.54, 1.807) is 17.8 Å². The summed E-state index contributed by atoms with van der Waals surface area (Å²) in [5, 5.41) is 0. The second-order valence-corrected chi connectivity index (χ2v) is 7.13. The largest absolute Gasteiger partial charge is 0.252 e. The number of thiophene rings is 1. The van der Waals surface area contributed by atoms with Crippen molar-refractivity contribution >= 4 is 33.1 Å². The zero-order valence-corrected chi connectivity index (χ0v) is 10.1. The third-order valence-corrected chi connectivity index (χ3v) is 5.94. The first-order chi connectivity index (χ1) is 5.98. The predicted molar refractivity (Wildman–Crippen MR) is 57.0 cm³/mol. The maximum atomic E-state index is 11.6. The number of sulfonamides is 1. The van der Waals surface area contributed by atoms with Crippen molar-refractivity contribution in [1.29, 1.82) is 0 Å². The molecule has 0 aliphatic heterocycles. The van der Waals surface area contributed by atoms with Crippen LogP contribution in [0.25, 0.3) is 0 Å². The lowest BCUT2D eigenvalue weighted by Gasteiger charge is -2.08. The van der Waals surface area contributed by atoms with E-state index in [1.807, 2.05) is 12.3 Å². The predicted octanol–water partition coefficient (Wildman–Crippen LogP) is 1.72. The van der Waals surface area contributed by atoms with Crippen LogP contribution < -0.4 is 0 Å². The smallest absolute Gasteiger partial charge is 0.206 e. The maximum Gasteiger partial charge on any atom is 0.252 e. The van der Waals surface area contributed by atoms with Crippen LogP contribution in [0.5, 0.6) is 0 Å². The van der Waals surface area contributed by atoms with Crippen LogP contribution in [0, 0.1) is 0 Å². The van der Waals surface area contributed by atoms with Crippen LogP contribution in [-0.2, 0) is 10.0 Å². The van der Waals surface area contributed by atoms with Gasteiger partial charge in [0.05, 0.1) is 4.21 Å². The van der Waals surface area contributed by atoms with E-state index < -0.39 is 10.0 Å². The fourth-order valence-electron chi connectivity index (χ4n) is 0.732. The van der Waals surface area contributed by atoms with Gasteiger partial charge >= 0.3 is 0 Å². The molecular weight excluding hydrogens is 226 g/mol. The molecule has 13 heavy (non-hydrogen) atoms. The monoisotopic (exact) mass is 237 g/mol. The van der Waals surface area contributed by atoms with E-state index in [4.69, 9.17) is 0 Å². The highest BCUT2D eigenvalue weighted by atomic mass is 32.3. The lowest BCUT2D eigenvalue weighted by Crippen LogP contribution is -2.21. The Morgan fingerprint density at radius 2 is 2.00 bits per heavy atom. The number of rotatable bonds is 3. The van der Waals surface area contributed by atoms with Crippen LogP contribution in [-0.4, -0.2) is 33.1 Å². The quantitative estimate of drug-likeness (QED) is 0.751. The summed E-state index contributed by atoms with van der Waals surface area (Å²) < 4.78 is 25.8. The van der Waals surface area contributed by atoms with Gasteiger partial charge in [-0.2, -0.15) is 0 Å². The van der Waals surface area contributed by atoms with Crippen LogP contribution in [0.15, 0.2) is 20.6 Å². The molecule has 0 bridgehead atoms. The summed E-state index contributed by atoms with van der Waals surface area (Å²) >= 11 is 2.85. The first-order valence-electron chi connectivity index (χ1n) is 3.55. The molecule has 1 heterocycles. The van der Waals surface area contributed by atoms with Crippen molar-refractivity contribution < 1.29 is 8.42 Å². The molecule has 74 valence electrons. The molecule has 0 aliphatic rings. The van der Waals surface area contributed by atoms with Crippen molar-refractivity contribution in [3.8, 4) is 0 Å². The maximum absolute atomic E-state index is 11.6. The van der Waals surface area contributed by atoms with E-state index in [0.717, 1.165) is 4.21 Å². The Morgan fingerprint density at radius 3 is 2.38 bits per heavy atom. The Balaban J connectivity index is 3.09. The molecule has 0 aliphatic carbocycles. The van der Waals surface area contributed by atoms with Gasteiger partial charge in [0.15, 0.2) is 0 Å². The minimum Gasteiger partial charge on any atom is -0.206 e. The average Bonchev–Trinajstić information content (AvgIpc) is 2.51. The Bertz CT molecular complexity index is 380. The minimum absolute atomic E-state index is 0.404. The summed E-state index contributed by atoms with van der Waals surface area (Å²) in [6.07, 6.45) is 1.93. The number of thioether (sulfide) groups is 1. The van der Waals surface area contributed by atoms with Crippen molar-refractivity contribution in [2.24, 2.45) is 0 Å². The van der Waals surface area contributed by atoms with E-state index in [1.165, 1.54) is 29.7 Å². The molecule has 3 nitrogen and oxygen atoms in total. The molecule has 1 rings (SSSR count). The number of nitrogens with zero attached hydrogens (tertiary/aromatic N) is 1. The fourth-order valence-corrected chi connectivity index (χ4v) is 3.90. The number of hydrogen-bond donors (Lipinski definition) is 0. The van der Waals surface area contributed by atoms with Crippen molar-refractivity contribution in [2.75, 3.05) is 20.4 Å². The van der Waals surface area contributed by atoms with Crippen LogP contribution in [0.3, 0.4) is 0 Å². The fraction of sp³-hybridized carbons (Fsp3) is 0.429. The van der Waals surface area contributed by atoms with Gasteiger partial charge < -0.3 is 0 Å². The minimum atomic E-state index is -3.23. The van der Waals surface area contributed by atoms with Gasteiger partial charge in [0.25, 0.3) is 10.0 Å². The van der Waals surface area contributed by atoms with Gasteiger partial charge in [-0.15, -0.1) is 23.1 Å². The van der Waals surface area contributed by atoms with E-state index in [2.05, 4.69) is 0 Å². The van der Waals surface area contributed by atoms with Crippen LogP contribution >= 0.6 is 23.1 Å². The molecule has 0 fully saturated rings. The molecule has 0 unspecified atom stereocenters. The molecule has 1 aromatic heterocycles. The zero-order valence-electron chi connectivity index (χ0n) is 7.64. The Hall–Kier alpha value is -0.0400. The van der Waals surface area contributed by atoms with Crippen molar-refractivity contribution in [2.45, 2.75) is 8.42 Å². The highest BCUT2D eigenvalue weighted by molar-refractivity contribution is 8.01. The summed E-state index contributed by atoms with van der Waals surface area (Å²) in [7, 11) is -0.157. The van der Waals surface area contributed by atoms with Gasteiger partial charge in [-0.05, 0) is 18.4 Å². The second-order valence-electron chi connectivity index (χ2n) is 2.57. The topological polar surface area (TPSA) is 37.4 Å². The molecule has 1 aromatic rings. The first kappa shape index (κ1) is 11.0. The van der Waals surface area contributed by atoms with E-state index in [0.29, 0.717) is 4.21 Å². The summed E-state index contributed by atoms with van der Waals surface area (Å²) in [4.78, 5) is 0. The third-order valence-electron chi connectivity index (χ3n) is 1.49. The Labute approximate surface area is 86.8 Å². The molecule has 0 atom stereocenters. The van der Waals surface area contributed by atoms with Crippen LogP contribution in [0.2, 0.25) is 0 Å². The number of hydrogen-bond acceptors (Lipinski definition) is 4. The summed E-state index contributed by atoms with van der Waals surface area (Å²) in [5.41, 5.74) is 0. The van der Waals surface area contributed by atoms with Crippen molar-refractivity contribution in [1.82, 2.24) is 4.31 Å². The lowest BCUT2D eigenvalue weighted by atomic mass is 10.7. The highest BCUT2D eigenvalue weighted by Crippen LogP contribution is 2.29. The molecule has 0 saturated heterocycles. The standard InChI is InChI=1S/C7H11NO2S3/c1-8(2)13(9,10)7-5-4-6(11-3)12-7/h4-5H,1-3H3. The van der Waals surface area contributed by atoms with Gasteiger partial charge in [0.2, 0.25) is 0 Å². The SMILES string of the molecule is CSc1ccc(S(=O)(=O)N(C)C)s1. The lowest BCUT2D eigenvalue weighted by molar-refractivity contribution is 0.523. The Kier molecular flexibility index (Phi) is 3.39. The molecule has 0 amide bonds. The molecule has 0 aromatic carbocycles. The highest BCUT2D eigenvalue weighted by Gasteiger charge is 2.18. The summed E-state index contributed by atoms with van der Waals surface area (Å²) in [6, 6.07) is 3.47. The van der Waals surface area contributed by atoms with Gasteiger partial charge in [-0.25, -0.2) is 12.7 Å². The van der Waals surface area contributed by atoms with Gasteiger partial charge in [-0.3, -0.25) is 0 Å². The van der Waals surface area contributed by atoms with E-state index >= 15 is 0 Å². The van der Waals surface area contributed by atoms with Crippen molar-refractivity contribution in [3.05, 3.63) is 12.1 Å². The van der Waals surface area contributed by atoms with E-state index in [-0.39, 0.29) is 0 Å². The molecule has 6 heteroatoms. The normalized spacial score (nSPS) is 12.3. The molecule has 0 spiro atoms. The first-order valence-corrected chi connectivity index (χ1v) is 7.03. The van der Waals surface area contributed by atoms with Gasteiger partial charge in [0, 0.05) is 14.1 Å². The van der Waals surface area contributed by atoms with Gasteiger partial charge in [0.1, 0.15) is 4.21 Å². The van der Waals surface area contributed by atoms with Crippen molar-refractivity contribution in [3.63, 3.8) is 0 Å². The third kappa shape index (κ3) is 2.25. The average molecular weight is 237 g/mol. The second kappa shape index (κ2) is 4.00. The van der Waals surface area contributed by atoms with Gasteiger partial charge in [-0.1, -0.05) is 0 Å². The van der Waals surface area contributed by atoms with Crippen LogP contribution in [0.4, 0.5) is 0 Å². The molecular formula is C7H11NO2S3.